The van der Waals surface area contributed by atoms with E-state index in [2.05, 4.69) is 10.3 Å². The molecule has 0 bridgehead atoms. The minimum absolute atomic E-state index is 0.634. The van der Waals surface area contributed by atoms with E-state index in [0.717, 1.165) is 0 Å². The zero-order valence-electron chi connectivity index (χ0n) is 3.26. The summed E-state index contributed by atoms with van der Waals surface area (Å²) in [7, 11) is 0. The van der Waals surface area contributed by atoms with Crippen molar-refractivity contribution in [3.05, 3.63) is 0 Å². The monoisotopic (exact) mass is 86.0 g/mol. The van der Waals surface area contributed by atoms with Crippen molar-refractivity contribution >= 4 is 6.21 Å². The summed E-state index contributed by atoms with van der Waals surface area (Å²) in [6.45, 7) is 0.696. The predicted molar refractivity (Wildman–Crippen MR) is 22.5 cm³/mol. The highest BCUT2D eigenvalue weighted by Gasteiger charge is 1.99. The molecule has 0 saturated carbocycles. The van der Waals surface area contributed by atoms with Gasteiger partial charge in [-0.1, -0.05) is 0 Å². The van der Waals surface area contributed by atoms with Crippen LogP contribution in [-0.2, 0) is 0 Å². The molecule has 1 heterocycles. The van der Waals surface area contributed by atoms with E-state index in [-0.39, 0.29) is 0 Å². The average Bonchev–Trinajstić information content (AvgIpc) is 1.86. The molecule has 0 fully saturated rings. The summed E-state index contributed by atoms with van der Waals surface area (Å²) in [5.41, 5.74) is 0. The van der Waals surface area contributed by atoms with Crippen molar-refractivity contribution in [3.63, 3.8) is 0 Å². The van der Waals surface area contributed by atoms with Gasteiger partial charge in [-0.25, -0.2) is 0 Å². The van der Waals surface area contributed by atoms with E-state index < -0.39 is 6.35 Å². The minimum Gasteiger partial charge on any atom is -0.360 e. The Morgan fingerprint density at radius 1 is 2.00 bits per heavy atom. The largest absolute Gasteiger partial charge is 0.360 e. The van der Waals surface area contributed by atoms with E-state index in [1.807, 2.05) is 0 Å². The Bertz CT molecular complexity index is 71.2. The Labute approximate surface area is 35.7 Å². The lowest BCUT2D eigenvalue weighted by Crippen LogP contribution is -2.20. The van der Waals surface area contributed by atoms with Gasteiger partial charge in [0.1, 0.15) is 0 Å². The number of aliphatic hydroxyl groups excluding tert-OH is 1. The molecule has 2 N–H and O–H groups in total. The van der Waals surface area contributed by atoms with E-state index >= 15 is 0 Å². The fraction of sp³-hybridized carbons (Fsp3) is 0.667. The lowest BCUT2D eigenvalue weighted by atomic mass is 10.8. The summed E-state index contributed by atoms with van der Waals surface area (Å²) in [6.07, 6.45) is 1.01. The second kappa shape index (κ2) is 1.36. The quantitative estimate of drug-likeness (QED) is 0.394. The molecule has 3 heteroatoms. The lowest BCUT2D eigenvalue weighted by molar-refractivity contribution is 0.163. The molecule has 34 valence electrons. The first-order valence-electron chi connectivity index (χ1n) is 1.83. The van der Waals surface area contributed by atoms with Crippen LogP contribution in [0.25, 0.3) is 0 Å². The molecule has 0 radical (unpaired) electrons. The number of aliphatic imine (C=N–C) groups is 1. The van der Waals surface area contributed by atoms with Crippen molar-refractivity contribution in [2.24, 2.45) is 4.99 Å². The van der Waals surface area contributed by atoms with Crippen LogP contribution in [0.2, 0.25) is 0 Å². The molecule has 1 rings (SSSR count). The Morgan fingerprint density at radius 2 is 2.83 bits per heavy atom. The van der Waals surface area contributed by atoms with Crippen LogP contribution in [0.5, 0.6) is 0 Å². The van der Waals surface area contributed by atoms with E-state index in [1.165, 1.54) is 0 Å². The fourth-order valence-electron chi connectivity index (χ4n) is 0.363. The Balaban J connectivity index is 2.38. The van der Waals surface area contributed by atoms with Crippen molar-refractivity contribution in [1.29, 1.82) is 0 Å². The summed E-state index contributed by atoms with van der Waals surface area (Å²) < 4.78 is 0. The molecule has 0 aromatic heterocycles. The summed E-state index contributed by atoms with van der Waals surface area (Å²) in [5.74, 6) is 0. The van der Waals surface area contributed by atoms with Crippen molar-refractivity contribution in [1.82, 2.24) is 5.32 Å². The average molecular weight is 86.1 g/mol. The molecule has 1 unspecified atom stereocenters. The molecule has 1 atom stereocenters. The highest BCUT2D eigenvalue weighted by Crippen LogP contribution is 1.80. The highest BCUT2D eigenvalue weighted by molar-refractivity contribution is 5.61. The first kappa shape index (κ1) is 3.77. The smallest absolute Gasteiger partial charge is 0.201 e. The van der Waals surface area contributed by atoms with Crippen LogP contribution in [0.3, 0.4) is 0 Å². The van der Waals surface area contributed by atoms with Gasteiger partial charge in [0.05, 0.1) is 0 Å². The van der Waals surface area contributed by atoms with Gasteiger partial charge in [-0.3, -0.25) is 10.3 Å². The second-order valence-electron chi connectivity index (χ2n) is 1.11. The topological polar surface area (TPSA) is 44.6 Å². The van der Waals surface area contributed by atoms with Crippen molar-refractivity contribution in [2.45, 2.75) is 6.35 Å². The molecule has 0 amide bonds. The molecular formula is C3H6N2O. The number of aliphatic hydroxyl groups is 1. The standard InChI is InChI=1S/C3H6N2O/c6-3-4-1-2-5-3/h1,3,5-6H,2H2. The summed E-state index contributed by atoms with van der Waals surface area (Å²) in [6, 6.07) is 0. The summed E-state index contributed by atoms with van der Waals surface area (Å²) in [5, 5.41) is 11.1. The van der Waals surface area contributed by atoms with Crippen LogP contribution in [0, 0.1) is 0 Å². The molecule has 0 aromatic rings. The maximum Gasteiger partial charge on any atom is 0.201 e. The number of nitrogens with one attached hydrogen (secondary N) is 1. The third kappa shape index (κ3) is 0.555. The van der Waals surface area contributed by atoms with Crippen LogP contribution < -0.4 is 5.32 Å². The fourth-order valence-corrected chi connectivity index (χ4v) is 0.363. The Morgan fingerprint density at radius 3 is 3.00 bits per heavy atom. The van der Waals surface area contributed by atoms with Gasteiger partial charge in [0, 0.05) is 12.8 Å². The third-order valence-corrected chi connectivity index (χ3v) is 0.638. The van der Waals surface area contributed by atoms with Gasteiger partial charge in [-0.2, -0.15) is 0 Å². The van der Waals surface area contributed by atoms with Gasteiger partial charge in [0.15, 0.2) is 0 Å². The molecule has 0 aromatic carbocycles. The highest BCUT2D eigenvalue weighted by atomic mass is 16.3. The lowest BCUT2D eigenvalue weighted by Gasteiger charge is -1.92. The van der Waals surface area contributed by atoms with Gasteiger partial charge >= 0.3 is 0 Å². The molecule has 6 heavy (non-hydrogen) atoms. The third-order valence-electron chi connectivity index (χ3n) is 0.638. The van der Waals surface area contributed by atoms with Gasteiger partial charge in [-0.15, -0.1) is 0 Å². The molecule has 1 aliphatic heterocycles. The van der Waals surface area contributed by atoms with Gasteiger partial charge in [0.2, 0.25) is 6.35 Å². The Hall–Kier alpha value is -0.410. The van der Waals surface area contributed by atoms with Crippen LogP contribution in [-0.4, -0.2) is 24.2 Å². The molecular weight excluding hydrogens is 80.0 g/mol. The zero-order valence-corrected chi connectivity index (χ0v) is 3.26. The van der Waals surface area contributed by atoms with E-state index in [1.54, 1.807) is 6.21 Å². The molecule has 3 nitrogen and oxygen atoms in total. The number of hydrogen-bond acceptors (Lipinski definition) is 3. The van der Waals surface area contributed by atoms with Crippen LogP contribution in [0.4, 0.5) is 0 Å². The first-order valence-corrected chi connectivity index (χ1v) is 1.83. The van der Waals surface area contributed by atoms with Gasteiger partial charge < -0.3 is 5.11 Å². The van der Waals surface area contributed by atoms with Crippen molar-refractivity contribution in [3.8, 4) is 0 Å². The van der Waals surface area contributed by atoms with E-state index in [4.69, 9.17) is 5.11 Å². The molecule has 1 aliphatic rings. The number of hydrogen-bond donors (Lipinski definition) is 2. The van der Waals surface area contributed by atoms with Crippen molar-refractivity contribution < 1.29 is 5.11 Å². The first-order chi connectivity index (χ1) is 2.89. The maximum atomic E-state index is 8.42. The van der Waals surface area contributed by atoms with Crippen molar-refractivity contribution in [2.75, 3.05) is 6.54 Å². The SMILES string of the molecule is OC1N=CCN1. The second-order valence-corrected chi connectivity index (χ2v) is 1.11. The minimum atomic E-state index is -0.634. The normalized spacial score (nSPS) is 31.8. The Kier molecular flexibility index (Phi) is 0.856. The summed E-state index contributed by atoms with van der Waals surface area (Å²) in [4.78, 5) is 3.56. The van der Waals surface area contributed by atoms with Crippen LogP contribution in [0.15, 0.2) is 4.99 Å². The van der Waals surface area contributed by atoms with E-state index in [9.17, 15) is 0 Å². The molecule has 0 saturated heterocycles. The maximum absolute atomic E-state index is 8.42. The number of rotatable bonds is 0. The zero-order chi connectivity index (χ0) is 4.41. The van der Waals surface area contributed by atoms with Gasteiger partial charge in [-0.05, 0) is 0 Å². The molecule has 0 spiro atoms. The van der Waals surface area contributed by atoms with Crippen LogP contribution in [0.1, 0.15) is 0 Å². The summed E-state index contributed by atoms with van der Waals surface area (Å²) >= 11 is 0. The van der Waals surface area contributed by atoms with Gasteiger partial charge in [0.25, 0.3) is 0 Å². The van der Waals surface area contributed by atoms with E-state index in [0.29, 0.717) is 6.54 Å². The molecule has 0 aliphatic carbocycles. The van der Waals surface area contributed by atoms with Crippen LogP contribution >= 0.6 is 0 Å². The predicted octanol–water partition coefficient (Wildman–Crippen LogP) is -1.06. The number of nitrogens with zero attached hydrogens (tertiary/aromatic N) is 1.